The van der Waals surface area contributed by atoms with Crippen LogP contribution in [0.3, 0.4) is 0 Å². The van der Waals surface area contributed by atoms with Crippen molar-refractivity contribution in [3.8, 4) is 16.9 Å². The fourth-order valence-electron chi connectivity index (χ4n) is 2.63. The molecule has 0 bridgehead atoms. The second kappa shape index (κ2) is 7.38. The Morgan fingerprint density at radius 3 is 1.96 bits per heavy atom. The maximum Gasteiger partial charge on any atom is 0.282 e. The molecular formula is C17H10Cl2F4N2O2S. The van der Waals surface area contributed by atoms with E-state index in [1.165, 1.54) is 18.2 Å². The normalized spacial score (nSPS) is 12.0. The van der Waals surface area contributed by atoms with Gasteiger partial charge < -0.3 is 0 Å². The van der Waals surface area contributed by atoms with Gasteiger partial charge in [-0.05, 0) is 36.4 Å². The highest BCUT2D eigenvalue weighted by molar-refractivity contribution is 7.90. The van der Waals surface area contributed by atoms with Crippen molar-refractivity contribution in [3.05, 3.63) is 63.8 Å². The summed E-state index contributed by atoms with van der Waals surface area (Å²) in [6.07, 6.45) is -2.30. The number of hydrogen-bond donors (Lipinski definition) is 0. The molecule has 3 rings (SSSR count). The smallest absolute Gasteiger partial charge is 0.233 e. The molecule has 0 fully saturated rings. The van der Waals surface area contributed by atoms with Crippen LogP contribution in [0.5, 0.6) is 0 Å². The third-order valence-corrected chi connectivity index (χ3v) is 5.28. The minimum absolute atomic E-state index is 0.105. The van der Waals surface area contributed by atoms with E-state index >= 15 is 0 Å². The number of halogens is 6. The molecule has 0 amide bonds. The molecule has 4 nitrogen and oxygen atoms in total. The maximum atomic E-state index is 14.3. The average Bonchev–Trinajstić information content (AvgIpc) is 2.97. The first kappa shape index (κ1) is 20.6. The first-order valence-corrected chi connectivity index (χ1v) is 10.2. The fraction of sp³-hybridized carbons (Fsp3) is 0.118. The summed E-state index contributed by atoms with van der Waals surface area (Å²) in [5, 5.41) is 4.13. The molecule has 1 aromatic heterocycles. The Morgan fingerprint density at radius 1 is 0.964 bits per heavy atom. The van der Waals surface area contributed by atoms with E-state index in [1.807, 2.05) is 0 Å². The topological polar surface area (TPSA) is 52.0 Å². The highest BCUT2D eigenvalue weighted by Gasteiger charge is 2.24. The SMILES string of the molecule is CS(=O)(=O)c1c(F)cc(-c2cc(C(F)F)nn2-c2cc(Cl)cc(Cl)c2)cc1F. The lowest BCUT2D eigenvalue weighted by Gasteiger charge is -2.10. The van der Waals surface area contributed by atoms with Crippen LogP contribution in [-0.2, 0) is 9.84 Å². The lowest BCUT2D eigenvalue weighted by Crippen LogP contribution is -2.06. The van der Waals surface area contributed by atoms with E-state index in [-0.39, 0.29) is 27.0 Å². The van der Waals surface area contributed by atoms with Crippen LogP contribution < -0.4 is 0 Å². The standard InChI is InChI=1S/C17H10Cl2F4N2O2S/c1-28(26,27)16-12(20)2-8(3-13(16)21)15-7-14(17(22)23)24-25(15)11-5-9(18)4-10(19)6-11/h2-7,17H,1H3. The van der Waals surface area contributed by atoms with Gasteiger partial charge in [0.1, 0.15) is 22.2 Å². The molecule has 3 aromatic rings. The van der Waals surface area contributed by atoms with E-state index in [1.54, 1.807) is 0 Å². The van der Waals surface area contributed by atoms with Crippen LogP contribution in [0.4, 0.5) is 17.6 Å². The molecule has 28 heavy (non-hydrogen) atoms. The van der Waals surface area contributed by atoms with Gasteiger partial charge in [0.15, 0.2) is 9.84 Å². The van der Waals surface area contributed by atoms with Gasteiger partial charge in [0.25, 0.3) is 6.43 Å². The molecule has 0 radical (unpaired) electrons. The molecule has 0 atom stereocenters. The lowest BCUT2D eigenvalue weighted by atomic mass is 10.1. The monoisotopic (exact) mass is 452 g/mol. The second-order valence-electron chi connectivity index (χ2n) is 5.84. The van der Waals surface area contributed by atoms with E-state index in [0.29, 0.717) is 6.26 Å². The number of nitrogens with zero attached hydrogens (tertiary/aromatic N) is 2. The lowest BCUT2D eigenvalue weighted by molar-refractivity contribution is 0.145. The van der Waals surface area contributed by atoms with E-state index in [0.717, 1.165) is 22.9 Å². The Kier molecular flexibility index (Phi) is 5.44. The summed E-state index contributed by atoms with van der Waals surface area (Å²) in [7, 11) is -4.17. The predicted octanol–water partition coefficient (Wildman–Crippen LogP) is 5.47. The van der Waals surface area contributed by atoms with Gasteiger partial charge in [-0.2, -0.15) is 5.10 Å². The van der Waals surface area contributed by atoms with Crippen LogP contribution in [0.25, 0.3) is 16.9 Å². The number of alkyl halides is 2. The number of benzene rings is 2. The van der Waals surface area contributed by atoms with Crippen molar-refractivity contribution in [2.75, 3.05) is 6.26 Å². The fourth-order valence-corrected chi connectivity index (χ4v) is 3.97. The van der Waals surface area contributed by atoms with E-state index < -0.39 is 38.5 Å². The van der Waals surface area contributed by atoms with Crippen molar-refractivity contribution in [1.82, 2.24) is 9.78 Å². The van der Waals surface area contributed by atoms with Crippen LogP contribution in [0.1, 0.15) is 12.1 Å². The van der Waals surface area contributed by atoms with Crippen LogP contribution >= 0.6 is 23.2 Å². The van der Waals surface area contributed by atoms with Gasteiger partial charge in [-0.25, -0.2) is 30.7 Å². The second-order valence-corrected chi connectivity index (χ2v) is 8.66. The van der Waals surface area contributed by atoms with Gasteiger partial charge in [0.05, 0.1) is 11.4 Å². The van der Waals surface area contributed by atoms with Crippen molar-refractivity contribution in [1.29, 1.82) is 0 Å². The molecule has 11 heteroatoms. The first-order valence-electron chi connectivity index (χ1n) is 7.51. The Bertz CT molecular complexity index is 1140. The molecular weight excluding hydrogens is 443 g/mol. The summed E-state index contributed by atoms with van der Waals surface area (Å²) < 4.78 is 79.0. The van der Waals surface area contributed by atoms with Gasteiger partial charge in [0.2, 0.25) is 0 Å². The Labute approximate surface area is 167 Å². The number of rotatable bonds is 4. The summed E-state index contributed by atoms with van der Waals surface area (Å²) in [6, 6.07) is 6.55. The van der Waals surface area contributed by atoms with E-state index in [4.69, 9.17) is 23.2 Å². The molecule has 2 aromatic carbocycles. The van der Waals surface area contributed by atoms with Crippen LogP contribution in [-0.4, -0.2) is 24.5 Å². The van der Waals surface area contributed by atoms with Crippen molar-refractivity contribution in [2.24, 2.45) is 0 Å². The van der Waals surface area contributed by atoms with Crippen LogP contribution in [0.2, 0.25) is 10.0 Å². The summed E-state index contributed by atoms with van der Waals surface area (Å²) in [6.45, 7) is 0. The highest BCUT2D eigenvalue weighted by Crippen LogP contribution is 2.32. The maximum absolute atomic E-state index is 14.3. The van der Waals surface area contributed by atoms with Crippen molar-refractivity contribution >= 4 is 33.0 Å². The van der Waals surface area contributed by atoms with E-state index in [9.17, 15) is 26.0 Å². The predicted molar refractivity (Wildman–Crippen MR) is 97.0 cm³/mol. The molecule has 0 unspecified atom stereocenters. The molecule has 0 saturated heterocycles. The molecule has 0 aliphatic carbocycles. The van der Waals surface area contributed by atoms with Gasteiger partial charge in [0, 0.05) is 21.9 Å². The van der Waals surface area contributed by atoms with Gasteiger partial charge >= 0.3 is 0 Å². The van der Waals surface area contributed by atoms with Crippen LogP contribution in [0, 0.1) is 11.6 Å². The molecule has 148 valence electrons. The van der Waals surface area contributed by atoms with E-state index in [2.05, 4.69) is 5.10 Å². The minimum Gasteiger partial charge on any atom is -0.233 e. The van der Waals surface area contributed by atoms with Gasteiger partial charge in [-0.3, -0.25) is 0 Å². The van der Waals surface area contributed by atoms with Gasteiger partial charge in [-0.1, -0.05) is 23.2 Å². The summed E-state index contributed by atoms with van der Waals surface area (Å²) in [4.78, 5) is -1.11. The quantitative estimate of drug-likeness (QED) is 0.493. The van der Waals surface area contributed by atoms with Crippen LogP contribution in [0.15, 0.2) is 41.3 Å². The largest absolute Gasteiger partial charge is 0.282 e. The van der Waals surface area contributed by atoms with Gasteiger partial charge in [-0.15, -0.1) is 0 Å². The minimum atomic E-state index is -4.17. The molecule has 1 heterocycles. The van der Waals surface area contributed by atoms with Crippen molar-refractivity contribution in [3.63, 3.8) is 0 Å². The molecule has 0 saturated carbocycles. The first-order chi connectivity index (χ1) is 13.0. The van der Waals surface area contributed by atoms with Crippen molar-refractivity contribution < 1.29 is 26.0 Å². The third kappa shape index (κ3) is 4.01. The Morgan fingerprint density at radius 2 is 1.50 bits per heavy atom. The molecule has 0 spiro atoms. The summed E-state index contributed by atoms with van der Waals surface area (Å²) >= 11 is 11.9. The Hall–Kier alpha value is -2.10. The number of sulfone groups is 1. The zero-order valence-corrected chi connectivity index (χ0v) is 16.3. The number of aromatic nitrogens is 2. The zero-order valence-electron chi connectivity index (χ0n) is 13.9. The Balaban J connectivity index is 2.28. The average molecular weight is 453 g/mol. The molecule has 0 aliphatic rings. The highest BCUT2D eigenvalue weighted by atomic mass is 35.5. The third-order valence-electron chi connectivity index (χ3n) is 3.71. The number of hydrogen-bond acceptors (Lipinski definition) is 3. The molecule has 0 N–H and O–H groups in total. The molecule has 0 aliphatic heterocycles. The summed E-state index contributed by atoms with van der Waals surface area (Å²) in [5.41, 5.74) is -0.782. The van der Waals surface area contributed by atoms with Crippen molar-refractivity contribution in [2.45, 2.75) is 11.3 Å². The summed E-state index contributed by atoms with van der Waals surface area (Å²) in [5.74, 6) is -2.71. The zero-order chi connectivity index (χ0) is 20.8.